The molecule has 0 bridgehead atoms. The highest BCUT2D eigenvalue weighted by atomic mass is 16.2. The van der Waals surface area contributed by atoms with Gasteiger partial charge in [-0.1, -0.05) is 32.4 Å². The maximum atomic E-state index is 12.0. The summed E-state index contributed by atoms with van der Waals surface area (Å²) in [6.45, 7) is 8.48. The van der Waals surface area contributed by atoms with E-state index in [-0.39, 0.29) is 5.91 Å². The summed E-state index contributed by atoms with van der Waals surface area (Å²) in [7, 11) is 2.01. The van der Waals surface area contributed by atoms with Gasteiger partial charge in [0.2, 0.25) is 5.91 Å². The van der Waals surface area contributed by atoms with Crippen molar-refractivity contribution < 1.29 is 4.79 Å². The minimum absolute atomic E-state index is 0.0901. The van der Waals surface area contributed by atoms with Crippen LogP contribution in [0.4, 0.5) is 5.69 Å². The van der Waals surface area contributed by atoms with Crippen molar-refractivity contribution in [3.8, 4) is 0 Å². The molecule has 1 aromatic carbocycles. The van der Waals surface area contributed by atoms with E-state index in [9.17, 15) is 4.79 Å². The number of carbonyl (C=O) groups is 1. The smallest absolute Gasteiger partial charge is 0.234 e. The van der Waals surface area contributed by atoms with Gasteiger partial charge in [-0.25, -0.2) is 0 Å². The third kappa shape index (κ3) is 2.47. The highest BCUT2D eigenvalue weighted by Gasteiger charge is 2.38. The number of amides is 1. The minimum atomic E-state index is -0.433. The fourth-order valence-electron chi connectivity index (χ4n) is 3.18. The molecule has 0 radical (unpaired) electrons. The van der Waals surface area contributed by atoms with Crippen LogP contribution in [0.1, 0.15) is 57.7 Å². The molecule has 1 aromatic rings. The van der Waals surface area contributed by atoms with Gasteiger partial charge in [-0.3, -0.25) is 4.79 Å². The number of benzene rings is 1. The molecular weight excluding hydrogens is 248 g/mol. The van der Waals surface area contributed by atoms with Crippen molar-refractivity contribution in [2.45, 2.75) is 52.0 Å². The molecule has 1 aliphatic heterocycles. The molecule has 0 saturated heterocycles. The maximum absolute atomic E-state index is 12.0. The first-order chi connectivity index (χ1) is 9.41. The molecule has 110 valence electrons. The number of fused-ring (bicyclic) bond motifs is 1. The van der Waals surface area contributed by atoms with Crippen LogP contribution in [0.3, 0.4) is 0 Å². The van der Waals surface area contributed by atoms with Gasteiger partial charge in [0.1, 0.15) is 0 Å². The predicted molar refractivity (Wildman–Crippen MR) is 84.0 cm³/mol. The second-order valence-corrected chi connectivity index (χ2v) is 6.42. The molecule has 3 heteroatoms. The number of hydrogen-bond donors (Lipinski definition) is 2. The Bertz CT molecular complexity index is 508. The molecule has 2 N–H and O–H groups in total. The third-order valence-electron chi connectivity index (χ3n) is 4.52. The van der Waals surface area contributed by atoms with Crippen molar-refractivity contribution in [2.24, 2.45) is 5.92 Å². The van der Waals surface area contributed by atoms with Crippen molar-refractivity contribution in [2.75, 3.05) is 12.4 Å². The molecule has 1 heterocycles. The van der Waals surface area contributed by atoms with Crippen molar-refractivity contribution in [1.29, 1.82) is 0 Å². The van der Waals surface area contributed by atoms with Crippen molar-refractivity contribution >= 4 is 11.6 Å². The van der Waals surface area contributed by atoms with Crippen LogP contribution in [0.2, 0.25) is 0 Å². The van der Waals surface area contributed by atoms with Crippen molar-refractivity contribution in [3.63, 3.8) is 0 Å². The van der Waals surface area contributed by atoms with Gasteiger partial charge in [0.25, 0.3) is 0 Å². The number of anilines is 1. The Balaban J connectivity index is 2.36. The van der Waals surface area contributed by atoms with Gasteiger partial charge < -0.3 is 10.6 Å². The summed E-state index contributed by atoms with van der Waals surface area (Å²) < 4.78 is 0. The quantitative estimate of drug-likeness (QED) is 0.861. The van der Waals surface area contributed by atoms with Crippen LogP contribution < -0.4 is 10.6 Å². The Morgan fingerprint density at radius 3 is 2.65 bits per heavy atom. The maximum Gasteiger partial charge on any atom is 0.234 e. The molecular formula is C17H26N2O. The van der Waals surface area contributed by atoms with Crippen molar-refractivity contribution in [1.82, 2.24) is 5.32 Å². The van der Waals surface area contributed by atoms with E-state index >= 15 is 0 Å². The zero-order valence-corrected chi connectivity index (χ0v) is 13.2. The average Bonchev–Trinajstić information content (AvgIpc) is 2.62. The van der Waals surface area contributed by atoms with Crippen LogP contribution in [-0.2, 0) is 10.2 Å². The molecule has 0 aliphatic carbocycles. The molecule has 2 unspecified atom stereocenters. The zero-order chi connectivity index (χ0) is 14.9. The zero-order valence-electron chi connectivity index (χ0n) is 13.2. The van der Waals surface area contributed by atoms with Gasteiger partial charge >= 0.3 is 0 Å². The SMILES string of the molecule is CCCC(C)C(NC)c1ccc2c(c1)C(C)(C)C(=O)N2. The van der Waals surface area contributed by atoms with Crippen LogP contribution in [-0.4, -0.2) is 13.0 Å². The molecule has 20 heavy (non-hydrogen) atoms. The van der Waals surface area contributed by atoms with E-state index in [4.69, 9.17) is 0 Å². The number of nitrogens with one attached hydrogen (secondary N) is 2. The monoisotopic (exact) mass is 274 g/mol. The predicted octanol–water partition coefficient (Wildman–Crippen LogP) is 3.61. The number of carbonyl (C=O) groups excluding carboxylic acids is 1. The average molecular weight is 274 g/mol. The van der Waals surface area contributed by atoms with E-state index < -0.39 is 5.41 Å². The highest BCUT2D eigenvalue weighted by Crippen LogP contribution is 2.39. The molecule has 2 atom stereocenters. The summed E-state index contributed by atoms with van der Waals surface area (Å²) in [6.07, 6.45) is 2.39. The van der Waals surface area contributed by atoms with E-state index in [0.29, 0.717) is 12.0 Å². The van der Waals surface area contributed by atoms with Gasteiger partial charge in [-0.05, 0) is 50.4 Å². The Morgan fingerprint density at radius 1 is 1.35 bits per heavy atom. The van der Waals surface area contributed by atoms with E-state index in [1.54, 1.807) is 0 Å². The minimum Gasteiger partial charge on any atom is -0.325 e. The summed E-state index contributed by atoms with van der Waals surface area (Å²) in [6, 6.07) is 6.71. The summed E-state index contributed by atoms with van der Waals surface area (Å²) in [4.78, 5) is 12.0. The second-order valence-electron chi connectivity index (χ2n) is 6.42. The lowest BCUT2D eigenvalue weighted by atomic mass is 9.83. The van der Waals surface area contributed by atoms with Crippen LogP contribution in [0.15, 0.2) is 18.2 Å². The summed E-state index contributed by atoms with van der Waals surface area (Å²) >= 11 is 0. The Labute approximate surface area is 122 Å². The molecule has 0 aromatic heterocycles. The van der Waals surface area contributed by atoms with Crippen LogP contribution in [0.25, 0.3) is 0 Å². The Kier molecular flexibility index (Phi) is 4.19. The summed E-state index contributed by atoms with van der Waals surface area (Å²) in [5, 5.41) is 6.39. The standard InChI is InChI=1S/C17H26N2O/c1-6-7-11(2)15(18-5)12-8-9-14-13(10-12)17(3,4)16(20)19-14/h8-11,15,18H,6-7H2,1-5H3,(H,19,20). The van der Waals surface area contributed by atoms with Gasteiger partial charge in [-0.2, -0.15) is 0 Å². The second kappa shape index (κ2) is 5.57. The summed E-state index contributed by atoms with van der Waals surface area (Å²) in [5.41, 5.74) is 2.92. The first-order valence-electron chi connectivity index (χ1n) is 7.55. The Morgan fingerprint density at radius 2 is 2.05 bits per heavy atom. The molecule has 2 rings (SSSR count). The molecule has 3 nitrogen and oxygen atoms in total. The number of rotatable bonds is 5. The van der Waals surface area contributed by atoms with Crippen molar-refractivity contribution in [3.05, 3.63) is 29.3 Å². The Hall–Kier alpha value is -1.35. The topological polar surface area (TPSA) is 41.1 Å². The first kappa shape index (κ1) is 15.0. The van der Waals surface area contributed by atoms with E-state index in [2.05, 4.69) is 36.6 Å². The molecule has 1 aliphatic rings. The lowest BCUT2D eigenvalue weighted by Crippen LogP contribution is -2.27. The first-order valence-corrected chi connectivity index (χ1v) is 7.55. The molecule has 0 fully saturated rings. The largest absolute Gasteiger partial charge is 0.325 e. The van der Waals surface area contributed by atoms with Crippen LogP contribution in [0, 0.1) is 5.92 Å². The van der Waals surface area contributed by atoms with Crippen LogP contribution >= 0.6 is 0 Å². The van der Waals surface area contributed by atoms with Gasteiger partial charge in [0.05, 0.1) is 5.41 Å². The van der Waals surface area contributed by atoms with E-state index in [1.165, 1.54) is 18.4 Å². The molecule has 0 spiro atoms. The fourth-order valence-corrected chi connectivity index (χ4v) is 3.18. The number of hydrogen-bond acceptors (Lipinski definition) is 2. The molecule has 0 saturated carbocycles. The van der Waals surface area contributed by atoms with Gasteiger partial charge in [0, 0.05) is 11.7 Å². The highest BCUT2D eigenvalue weighted by molar-refractivity contribution is 6.05. The third-order valence-corrected chi connectivity index (χ3v) is 4.52. The normalized spacial score (nSPS) is 19.4. The fraction of sp³-hybridized carbons (Fsp3) is 0.588. The lowest BCUT2D eigenvalue weighted by Gasteiger charge is -2.25. The molecule has 1 amide bonds. The van der Waals surface area contributed by atoms with Gasteiger partial charge in [0.15, 0.2) is 0 Å². The summed E-state index contributed by atoms with van der Waals surface area (Å²) in [5.74, 6) is 0.670. The van der Waals surface area contributed by atoms with E-state index in [0.717, 1.165) is 11.3 Å². The van der Waals surface area contributed by atoms with Crippen LogP contribution in [0.5, 0.6) is 0 Å². The lowest BCUT2D eigenvalue weighted by molar-refractivity contribution is -0.119. The van der Waals surface area contributed by atoms with E-state index in [1.807, 2.05) is 27.0 Å². The van der Waals surface area contributed by atoms with Gasteiger partial charge in [-0.15, -0.1) is 0 Å².